The van der Waals surface area contributed by atoms with Crippen molar-refractivity contribution in [3.05, 3.63) is 85.1 Å². The van der Waals surface area contributed by atoms with E-state index in [1.165, 1.54) is 77.0 Å². The second-order valence-electron chi connectivity index (χ2n) is 21.9. The highest BCUT2D eigenvalue weighted by atomic mass is 31.2. The Kier molecular flexibility index (Phi) is 58.6. The zero-order valence-corrected chi connectivity index (χ0v) is 54.8. The normalized spacial score (nSPS) is 14.9. The number of hydrogen-bond donors (Lipinski definition) is 4. The van der Waals surface area contributed by atoms with Gasteiger partial charge in [-0.3, -0.25) is 32.5 Å². The maximum absolute atomic E-state index is 12.9. The third-order valence-electron chi connectivity index (χ3n) is 13.6. The molecule has 0 aliphatic carbocycles. The summed E-state index contributed by atoms with van der Waals surface area (Å²) in [6.45, 7) is 2.50. The fourth-order valence-corrected chi connectivity index (χ4v) is 10.2. The molecule has 0 fully saturated rings. The number of ether oxygens (including phenoxy) is 3. The Morgan fingerprint density at radius 3 is 1.01 bits per heavy atom. The average Bonchev–Trinajstić information content (AvgIpc) is 3.51. The molecule has 5 unspecified atom stereocenters. The number of unbranched alkanes of at least 4 members (excludes halogenated alkanes) is 25. The van der Waals surface area contributed by atoms with Gasteiger partial charge in [-0.1, -0.05) is 234 Å². The summed E-state index contributed by atoms with van der Waals surface area (Å²) in [6.07, 6.45) is 63.6. The number of esters is 3. The van der Waals surface area contributed by atoms with Crippen molar-refractivity contribution in [2.75, 3.05) is 39.6 Å². The number of allylic oxidation sites excluding steroid dienone is 14. The predicted molar refractivity (Wildman–Crippen MR) is 344 cm³/mol. The third kappa shape index (κ3) is 62.1. The minimum absolute atomic E-state index is 0.107. The van der Waals surface area contributed by atoms with Crippen LogP contribution in [0.2, 0.25) is 0 Å². The molecule has 0 radical (unpaired) electrons. The largest absolute Gasteiger partial charge is 0.472 e. The van der Waals surface area contributed by atoms with Crippen LogP contribution in [-0.2, 0) is 55.8 Å². The Labute approximate surface area is 515 Å². The highest BCUT2D eigenvalue weighted by Crippen LogP contribution is 2.45. The molecule has 0 rings (SSSR count). The highest BCUT2D eigenvalue weighted by molar-refractivity contribution is 7.47. The van der Waals surface area contributed by atoms with Crippen molar-refractivity contribution in [1.82, 2.24) is 0 Å². The van der Waals surface area contributed by atoms with E-state index in [4.69, 9.17) is 32.3 Å². The highest BCUT2D eigenvalue weighted by Gasteiger charge is 2.29. The van der Waals surface area contributed by atoms with E-state index in [1.807, 2.05) is 0 Å². The zero-order valence-electron chi connectivity index (χ0n) is 53.0. The quantitative estimate of drug-likeness (QED) is 0.0146. The number of aliphatic hydroxyl groups is 2. The molecule has 85 heavy (non-hydrogen) atoms. The topological polar surface area (TPSA) is 231 Å². The van der Waals surface area contributed by atoms with Gasteiger partial charge in [0.25, 0.3) is 0 Å². The summed E-state index contributed by atoms with van der Waals surface area (Å²) in [4.78, 5) is 58.2. The second kappa shape index (κ2) is 61.0. The zero-order chi connectivity index (χ0) is 62.4. The van der Waals surface area contributed by atoms with E-state index >= 15 is 0 Å². The molecule has 0 saturated carbocycles. The van der Waals surface area contributed by atoms with E-state index in [-0.39, 0.29) is 19.3 Å². The molecule has 0 aliphatic rings. The first-order chi connectivity index (χ1) is 41.2. The summed E-state index contributed by atoms with van der Waals surface area (Å²) in [5, 5.41) is 20.5. The average molecular weight is 1240 g/mol. The lowest BCUT2D eigenvalue weighted by molar-refractivity contribution is -0.161. The smallest absolute Gasteiger partial charge is 0.463 e. The third-order valence-corrected chi connectivity index (χ3v) is 15.5. The van der Waals surface area contributed by atoms with Crippen LogP contribution in [0.5, 0.6) is 0 Å². The Morgan fingerprint density at radius 2 is 0.624 bits per heavy atom. The molecule has 0 spiro atoms. The lowest BCUT2D eigenvalue weighted by atomic mass is 10.0. The van der Waals surface area contributed by atoms with Crippen LogP contribution in [0.3, 0.4) is 0 Å². The van der Waals surface area contributed by atoms with E-state index in [9.17, 15) is 43.5 Å². The van der Waals surface area contributed by atoms with Gasteiger partial charge in [0.15, 0.2) is 6.10 Å². The maximum Gasteiger partial charge on any atom is 0.472 e. The number of rotatable bonds is 62. The van der Waals surface area contributed by atoms with Gasteiger partial charge in [0.05, 0.1) is 26.4 Å². The first-order valence-electron chi connectivity index (χ1n) is 32.9. The molecule has 0 aromatic rings. The number of carbonyl (C=O) groups is 3. The van der Waals surface area contributed by atoms with Crippen molar-refractivity contribution >= 4 is 33.6 Å². The first-order valence-corrected chi connectivity index (χ1v) is 35.9. The van der Waals surface area contributed by atoms with Crippen molar-refractivity contribution in [2.45, 2.75) is 283 Å². The Hall–Kier alpha value is -3.27. The van der Waals surface area contributed by atoms with Crippen molar-refractivity contribution in [3.63, 3.8) is 0 Å². The summed E-state index contributed by atoms with van der Waals surface area (Å²) in [5.74, 6) is -1.60. The van der Waals surface area contributed by atoms with Crippen LogP contribution in [0.15, 0.2) is 85.1 Å². The van der Waals surface area contributed by atoms with Gasteiger partial charge in [-0.25, -0.2) is 9.13 Å². The molecule has 0 aliphatic heterocycles. The number of phosphoric ester groups is 2. The summed E-state index contributed by atoms with van der Waals surface area (Å²) < 4.78 is 60.7. The summed E-state index contributed by atoms with van der Waals surface area (Å²) >= 11 is 0. The Morgan fingerprint density at radius 1 is 0.341 bits per heavy atom. The van der Waals surface area contributed by atoms with Crippen LogP contribution in [0, 0.1) is 0 Å². The van der Waals surface area contributed by atoms with Gasteiger partial charge in [-0.2, -0.15) is 0 Å². The summed E-state index contributed by atoms with van der Waals surface area (Å²) in [5.41, 5.74) is 0. The fourth-order valence-electron chi connectivity index (χ4n) is 8.57. The van der Waals surface area contributed by atoms with E-state index < -0.39 is 91.5 Å². The van der Waals surface area contributed by atoms with E-state index in [2.05, 4.69) is 106 Å². The molecule has 0 aromatic carbocycles. The standard InChI is InChI=1S/C67H118O16P2/c1-4-7-10-13-16-19-22-25-26-27-28-29-30-31-32-33-34-37-39-41-44-47-50-53-65(70)77-56-62(68)57-79-84(73,74)80-58-63(69)59-81-85(75,76)82-61-64(83-67(72)55-52-49-46-43-40-36-24-21-18-15-12-9-6-3)60-78-66(71)54-51-48-45-42-38-35-23-20-17-14-11-8-5-2/h7,10,16,19-20,23,25-26,28-29,31-32,34,37,62-64,68-69H,4-6,8-9,11-15,17-18,21-22,24,27,30,33,35-36,38-61H2,1-3H3,(H,73,74)(H,75,76)/b10-7-,19-16-,23-20-,26-25-,29-28-,32-31-,37-34-. The molecular formula is C67H118O16P2. The first kappa shape index (κ1) is 81.7. The van der Waals surface area contributed by atoms with Crippen molar-refractivity contribution in [1.29, 1.82) is 0 Å². The van der Waals surface area contributed by atoms with Crippen molar-refractivity contribution in [2.24, 2.45) is 0 Å². The Balaban J connectivity index is 4.59. The van der Waals surface area contributed by atoms with Crippen LogP contribution in [0.1, 0.15) is 265 Å². The fraction of sp³-hybridized carbons (Fsp3) is 0.746. The van der Waals surface area contributed by atoms with Gasteiger partial charge in [0.2, 0.25) is 0 Å². The molecule has 0 heterocycles. The molecule has 0 amide bonds. The molecule has 0 saturated heterocycles. The molecule has 4 N–H and O–H groups in total. The van der Waals surface area contributed by atoms with Gasteiger partial charge in [-0.15, -0.1) is 0 Å². The van der Waals surface area contributed by atoms with Crippen LogP contribution in [0.25, 0.3) is 0 Å². The molecule has 16 nitrogen and oxygen atoms in total. The van der Waals surface area contributed by atoms with Gasteiger partial charge >= 0.3 is 33.6 Å². The maximum atomic E-state index is 12.9. The van der Waals surface area contributed by atoms with Gasteiger partial charge < -0.3 is 34.2 Å². The molecule has 492 valence electrons. The number of aliphatic hydroxyl groups excluding tert-OH is 2. The lowest BCUT2D eigenvalue weighted by Gasteiger charge is -2.21. The number of hydrogen-bond acceptors (Lipinski definition) is 14. The minimum atomic E-state index is -4.92. The molecule has 18 heteroatoms. The Bertz CT molecular complexity index is 1900. The van der Waals surface area contributed by atoms with Crippen molar-refractivity contribution in [3.8, 4) is 0 Å². The van der Waals surface area contributed by atoms with E-state index in [0.29, 0.717) is 19.3 Å². The van der Waals surface area contributed by atoms with Crippen LogP contribution < -0.4 is 0 Å². The molecule has 5 atom stereocenters. The van der Waals surface area contributed by atoms with Crippen LogP contribution in [-0.4, -0.2) is 95.9 Å². The SMILES string of the molecule is CC/C=C\C/C=C\C/C=C\C/C=C\C/C=C\C/C=C\CCCCCCC(=O)OCC(O)COP(=O)(O)OCC(O)COP(=O)(O)OCC(COC(=O)CCCCCCC/C=C\CCCCCC)OC(=O)CCCCCCCCCCCCCCC. The van der Waals surface area contributed by atoms with Crippen LogP contribution in [0.4, 0.5) is 0 Å². The van der Waals surface area contributed by atoms with Gasteiger partial charge in [0.1, 0.15) is 25.4 Å². The second-order valence-corrected chi connectivity index (χ2v) is 24.8. The number of carbonyl (C=O) groups excluding carboxylic acids is 3. The van der Waals surface area contributed by atoms with Crippen molar-refractivity contribution < 1.29 is 75.8 Å². The summed E-state index contributed by atoms with van der Waals surface area (Å²) in [7, 11) is -9.77. The van der Waals surface area contributed by atoms with E-state index in [1.54, 1.807) is 0 Å². The van der Waals surface area contributed by atoms with Crippen LogP contribution >= 0.6 is 15.6 Å². The monoisotopic (exact) mass is 1240 g/mol. The number of phosphoric acid groups is 2. The summed E-state index contributed by atoms with van der Waals surface area (Å²) in [6, 6.07) is 0. The predicted octanol–water partition coefficient (Wildman–Crippen LogP) is 17.8. The minimum Gasteiger partial charge on any atom is -0.463 e. The van der Waals surface area contributed by atoms with Gasteiger partial charge in [-0.05, 0) is 96.3 Å². The molecular weight excluding hydrogens is 1120 g/mol. The van der Waals surface area contributed by atoms with E-state index in [0.717, 1.165) is 128 Å². The molecule has 0 aromatic heterocycles. The lowest BCUT2D eigenvalue weighted by Crippen LogP contribution is -2.30. The van der Waals surface area contributed by atoms with Gasteiger partial charge in [0, 0.05) is 19.3 Å². The molecule has 0 bridgehead atoms.